The van der Waals surface area contributed by atoms with Gasteiger partial charge in [0.05, 0.1) is 0 Å². The Balaban J connectivity index is 2.01. The molecule has 0 saturated carbocycles. The number of nitrogens with zero attached hydrogens (tertiary/aromatic N) is 2. The average molecular weight is 311 g/mol. The van der Waals surface area contributed by atoms with Gasteiger partial charge in [-0.3, -0.25) is 4.79 Å². The van der Waals surface area contributed by atoms with Crippen molar-refractivity contribution in [3.63, 3.8) is 0 Å². The van der Waals surface area contributed by atoms with Crippen molar-refractivity contribution in [3.05, 3.63) is 35.9 Å². The molecule has 0 spiro atoms. The molecule has 6 nitrogen and oxygen atoms in total. The zero-order chi connectivity index (χ0) is 15.5. The van der Waals surface area contributed by atoms with E-state index in [1.807, 2.05) is 30.3 Å². The first-order valence-corrected chi connectivity index (χ1v) is 8.33. The van der Waals surface area contributed by atoms with Gasteiger partial charge < -0.3 is 5.32 Å². The molecule has 2 rings (SSSR count). The lowest BCUT2D eigenvalue weighted by atomic mass is 10.2. The summed E-state index contributed by atoms with van der Waals surface area (Å²) in [5, 5.41) is 2.82. The molecule has 0 unspecified atom stereocenters. The van der Waals surface area contributed by atoms with E-state index >= 15 is 0 Å². The largest absolute Gasteiger partial charge is 0.351 e. The molecule has 1 aliphatic heterocycles. The van der Waals surface area contributed by atoms with Crippen LogP contribution in [-0.2, 0) is 21.5 Å². The summed E-state index contributed by atoms with van der Waals surface area (Å²) in [5.74, 6) is -0.234. The van der Waals surface area contributed by atoms with Crippen LogP contribution in [-0.4, -0.2) is 49.6 Å². The van der Waals surface area contributed by atoms with Crippen LogP contribution in [0.5, 0.6) is 0 Å². The van der Waals surface area contributed by atoms with E-state index in [0.717, 1.165) is 9.87 Å². The summed E-state index contributed by atoms with van der Waals surface area (Å²) in [6, 6.07) is 8.95. The number of amides is 1. The van der Waals surface area contributed by atoms with Gasteiger partial charge in [-0.1, -0.05) is 30.3 Å². The number of hydrogen-bond acceptors (Lipinski definition) is 3. The number of carbonyl (C=O) groups excluding carboxylic acids is 1. The highest BCUT2D eigenvalue weighted by atomic mass is 32.2. The van der Waals surface area contributed by atoms with E-state index in [0.29, 0.717) is 25.9 Å². The lowest BCUT2D eigenvalue weighted by molar-refractivity contribution is -0.124. The maximum absolute atomic E-state index is 12.3. The highest BCUT2D eigenvalue weighted by Crippen LogP contribution is 2.22. The first kappa shape index (κ1) is 15.9. The third kappa shape index (κ3) is 3.61. The zero-order valence-electron chi connectivity index (χ0n) is 12.3. The zero-order valence-corrected chi connectivity index (χ0v) is 13.1. The topological polar surface area (TPSA) is 69.7 Å². The molecule has 1 aromatic rings. The molecule has 1 fully saturated rings. The van der Waals surface area contributed by atoms with Gasteiger partial charge in [0.25, 0.3) is 10.2 Å². The normalized spacial score (nSPS) is 19.9. The van der Waals surface area contributed by atoms with Gasteiger partial charge in [0.15, 0.2) is 0 Å². The van der Waals surface area contributed by atoms with Gasteiger partial charge in [-0.15, -0.1) is 0 Å². The SMILES string of the molecule is CN(C)S(=O)(=O)N1CCC[C@@H]1C(=O)NCc1ccccc1. The molecule has 0 radical (unpaired) electrons. The monoisotopic (exact) mass is 311 g/mol. The molecule has 1 atom stereocenters. The molecule has 7 heteroatoms. The van der Waals surface area contributed by atoms with E-state index in [1.165, 1.54) is 18.4 Å². The van der Waals surface area contributed by atoms with Crippen molar-refractivity contribution in [1.29, 1.82) is 0 Å². The predicted octanol–water partition coefficient (Wildman–Crippen LogP) is 0.574. The molecule has 0 aromatic heterocycles. The Morgan fingerprint density at radius 2 is 2.00 bits per heavy atom. The third-order valence-electron chi connectivity index (χ3n) is 3.57. The second-order valence-corrected chi connectivity index (χ2v) is 7.36. The lowest BCUT2D eigenvalue weighted by Crippen LogP contribution is -2.49. The molecule has 1 amide bonds. The van der Waals surface area contributed by atoms with Gasteiger partial charge in [0, 0.05) is 27.2 Å². The quantitative estimate of drug-likeness (QED) is 0.864. The summed E-state index contributed by atoms with van der Waals surface area (Å²) in [4.78, 5) is 12.3. The standard InChI is InChI=1S/C14H21N3O3S/c1-16(2)21(19,20)17-10-6-9-13(17)14(18)15-11-12-7-4-3-5-8-12/h3-5,7-8,13H,6,9-11H2,1-2H3,(H,15,18)/t13-/m1/s1. The van der Waals surface area contributed by atoms with Gasteiger partial charge in [-0.25, -0.2) is 0 Å². The average Bonchev–Trinajstić information content (AvgIpc) is 2.96. The number of carbonyl (C=O) groups is 1. The highest BCUT2D eigenvalue weighted by Gasteiger charge is 2.39. The summed E-state index contributed by atoms with van der Waals surface area (Å²) in [7, 11) is -0.590. The Hall–Kier alpha value is -1.44. The first-order valence-electron chi connectivity index (χ1n) is 6.94. The summed E-state index contributed by atoms with van der Waals surface area (Å²) in [6.07, 6.45) is 1.27. The van der Waals surface area contributed by atoms with Crippen LogP contribution in [0.3, 0.4) is 0 Å². The Morgan fingerprint density at radius 1 is 1.33 bits per heavy atom. The maximum Gasteiger partial charge on any atom is 0.282 e. The second-order valence-electron chi connectivity index (χ2n) is 5.26. The van der Waals surface area contributed by atoms with Crippen LogP contribution in [0, 0.1) is 0 Å². The molecule has 21 heavy (non-hydrogen) atoms. The van der Waals surface area contributed by atoms with E-state index < -0.39 is 16.3 Å². The maximum atomic E-state index is 12.3. The molecule has 1 heterocycles. The van der Waals surface area contributed by atoms with Crippen LogP contribution in [0.1, 0.15) is 18.4 Å². The van der Waals surface area contributed by atoms with Crippen LogP contribution in [0.25, 0.3) is 0 Å². The molecule has 1 aliphatic rings. The van der Waals surface area contributed by atoms with Gasteiger partial charge in [0.2, 0.25) is 5.91 Å². The van der Waals surface area contributed by atoms with Crippen molar-refractivity contribution in [2.45, 2.75) is 25.4 Å². The molecule has 116 valence electrons. The summed E-state index contributed by atoms with van der Waals surface area (Å²) < 4.78 is 26.8. The van der Waals surface area contributed by atoms with Crippen LogP contribution >= 0.6 is 0 Å². The lowest BCUT2D eigenvalue weighted by Gasteiger charge is -2.26. The Kier molecular flexibility index (Phi) is 4.97. The van der Waals surface area contributed by atoms with Crippen molar-refractivity contribution in [2.75, 3.05) is 20.6 Å². The summed E-state index contributed by atoms with van der Waals surface area (Å²) in [6.45, 7) is 0.802. The minimum absolute atomic E-state index is 0.234. The van der Waals surface area contributed by atoms with Gasteiger partial charge in [-0.2, -0.15) is 17.0 Å². The van der Waals surface area contributed by atoms with Crippen LogP contribution < -0.4 is 5.32 Å². The molecular formula is C14H21N3O3S. The minimum Gasteiger partial charge on any atom is -0.351 e. The summed E-state index contributed by atoms with van der Waals surface area (Å²) >= 11 is 0. The van der Waals surface area contributed by atoms with E-state index in [1.54, 1.807) is 0 Å². The molecule has 1 N–H and O–H groups in total. The fourth-order valence-electron chi connectivity index (χ4n) is 2.39. The van der Waals surface area contributed by atoms with Crippen molar-refractivity contribution in [1.82, 2.24) is 13.9 Å². The van der Waals surface area contributed by atoms with Gasteiger partial charge in [-0.05, 0) is 18.4 Å². The number of hydrogen-bond donors (Lipinski definition) is 1. The van der Waals surface area contributed by atoms with Gasteiger partial charge >= 0.3 is 0 Å². The van der Waals surface area contributed by atoms with Crippen molar-refractivity contribution >= 4 is 16.1 Å². The van der Waals surface area contributed by atoms with Crippen molar-refractivity contribution in [2.24, 2.45) is 0 Å². The number of benzene rings is 1. The smallest absolute Gasteiger partial charge is 0.282 e. The minimum atomic E-state index is -3.55. The van der Waals surface area contributed by atoms with Crippen molar-refractivity contribution in [3.8, 4) is 0 Å². The number of nitrogens with one attached hydrogen (secondary N) is 1. The Labute approximate surface area is 125 Å². The third-order valence-corrected chi connectivity index (χ3v) is 5.53. The number of rotatable bonds is 5. The van der Waals surface area contributed by atoms with Crippen LogP contribution in [0.15, 0.2) is 30.3 Å². The molecule has 0 bridgehead atoms. The fourth-order valence-corrected chi connectivity index (χ4v) is 3.69. The highest BCUT2D eigenvalue weighted by molar-refractivity contribution is 7.86. The van der Waals surface area contributed by atoms with E-state index in [2.05, 4.69) is 5.32 Å². The van der Waals surface area contributed by atoms with E-state index in [9.17, 15) is 13.2 Å². The van der Waals surface area contributed by atoms with Crippen LogP contribution in [0.2, 0.25) is 0 Å². The van der Waals surface area contributed by atoms with Gasteiger partial charge in [0.1, 0.15) is 6.04 Å². The molecule has 1 saturated heterocycles. The summed E-state index contributed by atoms with van der Waals surface area (Å²) in [5.41, 5.74) is 0.992. The fraction of sp³-hybridized carbons (Fsp3) is 0.500. The molecule has 1 aromatic carbocycles. The van der Waals surface area contributed by atoms with E-state index in [-0.39, 0.29) is 5.91 Å². The Bertz CT molecular complexity index is 587. The molecule has 0 aliphatic carbocycles. The second kappa shape index (κ2) is 6.55. The predicted molar refractivity (Wildman–Crippen MR) is 80.6 cm³/mol. The van der Waals surface area contributed by atoms with E-state index in [4.69, 9.17) is 0 Å². The molecular weight excluding hydrogens is 290 g/mol. The first-order chi connectivity index (χ1) is 9.93. The van der Waals surface area contributed by atoms with Crippen LogP contribution in [0.4, 0.5) is 0 Å². The Morgan fingerprint density at radius 3 is 2.62 bits per heavy atom. The van der Waals surface area contributed by atoms with Crippen molar-refractivity contribution < 1.29 is 13.2 Å².